The summed E-state index contributed by atoms with van der Waals surface area (Å²) in [5, 5.41) is 0. The molecule has 16 heavy (non-hydrogen) atoms. The lowest BCUT2D eigenvalue weighted by molar-refractivity contribution is 0.729. The number of benzene rings is 1. The summed E-state index contributed by atoms with van der Waals surface area (Å²) < 4.78 is 2.07. The molecule has 0 aliphatic heterocycles. The summed E-state index contributed by atoms with van der Waals surface area (Å²) in [5.41, 5.74) is 2.09. The molecule has 80 valence electrons. The molecule has 0 unspecified atom stereocenters. The molecule has 3 rings (SSSR count). The van der Waals surface area contributed by atoms with Crippen LogP contribution < -0.4 is 0 Å². The molecule has 0 radical (unpaired) electrons. The van der Waals surface area contributed by atoms with E-state index in [1.807, 2.05) is 37.4 Å². The van der Waals surface area contributed by atoms with E-state index in [2.05, 4.69) is 19.5 Å². The minimum Gasteiger partial charge on any atom is -0.340 e. The van der Waals surface area contributed by atoms with Gasteiger partial charge in [-0.15, -0.1) is 0 Å². The van der Waals surface area contributed by atoms with Crippen molar-refractivity contribution in [2.75, 3.05) is 0 Å². The molecule has 0 amide bonds. The maximum Gasteiger partial charge on any atom is 0.127 e. The third-order valence-corrected chi connectivity index (χ3v) is 2.68. The van der Waals surface area contributed by atoms with Gasteiger partial charge in [0.25, 0.3) is 0 Å². The molecule has 4 nitrogen and oxygen atoms in total. The van der Waals surface area contributed by atoms with Crippen molar-refractivity contribution in [2.24, 2.45) is 0 Å². The molecular formula is C12H12N4. The number of aromatic nitrogens is 4. The Morgan fingerprint density at radius 1 is 1.31 bits per heavy atom. The van der Waals surface area contributed by atoms with Gasteiger partial charge in [0.1, 0.15) is 11.6 Å². The number of nitrogens with zero attached hydrogens (tertiary/aromatic N) is 3. The normalized spacial score (nSPS) is 11.1. The average Bonchev–Trinajstić information content (AvgIpc) is 2.85. The number of hydrogen-bond donors (Lipinski definition) is 1. The summed E-state index contributed by atoms with van der Waals surface area (Å²) in [6, 6.07) is 8.05. The van der Waals surface area contributed by atoms with Crippen molar-refractivity contribution in [1.29, 1.82) is 0 Å². The Morgan fingerprint density at radius 2 is 2.19 bits per heavy atom. The molecule has 3 aromatic rings. The van der Waals surface area contributed by atoms with Crippen LogP contribution >= 0.6 is 0 Å². The van der Waals surface area contributed by atoms with Crippen LogP contribution in [0.1, 0.15) is 11.6 Å². The SMILES string of the molecule is Cc1nccn1Cc1nc2ccccc2[nH]1. The monoisotopic (exact) mass is 212 g/mol. The number of hydrogen-bond acceptors (Lipinski definition) is 2. The number of rotatable bonds is 2. The van der Waals surface area contributed by atoms with E-state index in [4.69, 9.17) is 0 Å². The highest BCUT2D eigenvalue weighted by atomic mass is 15.1. The van der Waals surface area contributed by atoms with Gasteiger partial charge in [-0.05, 0) is 19.1 Å². The second-order valence-corrected chi connectivity index (χ2v) is 3.80. The predicted octanol–water partition coefficient (Wildman–Crippen LogP) is 2.12. The lowest BCUT2D eigenvalue weighted by Crippen LogP contribution is -2.02. The minimum atomic E-state index is 0.737. The number of para-hydroxylation sites is 2. The summed E-state index contributed by atoms with van der Waals surface area (Å²) in [7, 11) is 0. The zero-order valence-corrected chi connectivity index (χ0v) is 9.01. The third-order valence-electron chi connectivity index (χ3n) is 2.68. The van der Waals surface area contributed by atoms with Crippen LogP contribution in [0.3, 0.4) is 0 Å². The molecule has 2 heterocycles. The minimum absolute atomic E-state index is 0.737. The van der Waals surface area contributed by atoms with Gasteiger partial charge in [0.15, 0.2) is 0 Å². The van der Waals surface area contributed by atoms with Crippen LogP contribution in [-0.2, 0) is 6.54 Å². The maximum atomic E-state index is 4.52. The number of H-pyrrole nitrogens is 1. The van der Waals surface area contributed by atoms with Crippen LogP contribution in [-0.4, -0.2) is 19.5 Å². The third kappa shape index (κ3) is 1.48. The van der Waals surface area contributed by atoms with Gasteiger partial charge in [0.05, 0.1) is 17.6 Å². The van der Waals surface area contributed by atoms with Gasteiger partial charge in [0.2, 0.25) is 0 Å². The summed E-state index contributed by atoms with van der Waals surface area (Å²) >= 11 is 0. The number of aromatic amines is 1. The van der Waals surface area contributed by atoms with E-state index in [0.717, 1.165) is 29.2 Å². The topological polar surface area (TPSA) is 46.5 Å². The Bertz CT molecular complexity index is 588. The first-order valence-corrected chi connectivity index (χ1v) is 5.24. The van der Waals surface area contributed by atoms with Gasteiger partial charge in [-0.3, -0.25) is 0 Å². The Kier molecular flexibility index (Phi) is 1.99. The second kappa shape index (κ2) is 3.48. The van der Waals surface area contributed by atoms with Crippen molar-refractivity contribution in [3.05, 3.63) is 48.3 Å². The van der Waals surface area contributed by atoms with Crippen LogP contribution in [0.25, 0.3) is 11.0 Å². The van der Waals surface area contributed by atoms with Crippen LogP contribution in [0.5, 0.6) is 0 Å². The van der Waals surface area contributed by atoms with Crippen molar-refractivity contribution in [2.45, 2.75) is 13.5 Å². The van der Waals surface area contributed by atoms with Crippen molar-refractivity contribution in [1.82, 2.24) is 19.5 Å². The zero-order valence-electron chi connectivity index (χ0n) is 9.01. The van der Waals surface area contributed by atoms with Crippen LogP contribution in [0, 0.1) is 6.92 Å². The van der Waals surface area contributed by atoms with Gasteiger partial charge < -0.3 is 9.55 Å². The fourth-order valence-electron chi connectivity index (χ4n) is 1.81. The fraction of sp³-hybridized carbons (Fsp3) is 0.167. The number of nitrogens with one attached hydrogen (secondary N) is 1. The van der Waals surface area contributed by atoms with Crippen molar-refractivity contribution >= 4 is 11.0 Å². The van der Waals surface area contributed by atoms with Gasteiger partial charge in [0, 0.05) is 12.4 Å². The Labute approximate surface area is 93.0 Å². The van der Waals surface area contributed by atoms with E-state index in [1.54, 1.807) is 6.20 Å². The molecule has 0 fully saturated rings. The zero-order chi connectivity index (χ0) is 11.0. The molecule has 1 N–H and O–H groups in total. The smallest absolute Gasteiger partial charge is 0.127 e. The molecular weight excluding hydrogens is 200 g/mol. The van der Waals surface area contributed by atoms with E-state index >= 15 is 0 Å². The van der Waals surface area contributed by atoms with E-state index < -0.39 is 0 Å². The van der Waals surface area contributed by atoms with E-state index in [0.29, 0.717) is 0 Å². The van der Waals surface area contributed by atoms with Crippen LogP contribution in [0.4, 0.5) is 0 Å². The molecule has 0 saturated heterocycles. The molecule has 0 aliphatic rings. The molecule has 0 spiro atoms. The average molecular weight is 212 g/mol. The van der Waals surface area contributed by atoms with Gasteiger partial charge in [-0.25, -0.2) is 9.97 Å². The maximum absolute atomic E-state index is 4.52. The first-order valence-electron chi connectivity index (χ1n) is 5.24. The second-order valence-electron chi connectivity index (χ2n) is 3.80. The molecule has 0 bridgehead atoms. The number of fused-ring (bicyclic) bond motifs is 1. The summed E-state index contributed by atoms with van der Waals surface area (Å²) in [5.74, 6) is 1.96. The van der Waals surface area contributed by atoms with Crippen molar-refractivity contribution in [3.63, 3.8) is 0 Å². The first kappa shape index (κ1) is 9.15. The van der Waals surface area contributed by atoms with E-state index in [-0.39, 0.29) is 0 Å². The quantitative estimate of drug-likeness (QED) is 0.707. The molecule has 0 aliphatic carbocycles. The standard InChI is InChI=1S/C12H12N4/c1-9-13-6-7-16(9)8-12-14-10-4-2-3-5-11(10)15-12/h2-7H,8H2,1H3,(H,14,15). The van der Waals surface area contributed by atoms with E-state index in [1.165, 1.54) is 0 Å². The number of imidazole rings is 2. The largest absolute Gasteiger partial charge is 0.340 e. The molecule has 2 aromatic heterocycles. The molecule has 1 aromatic carbocycles. The Balaban J connectivity index is 1.98. The highest BCUT2D eigenvalue weighted by molar-refractivity contribution is 5.74. The fourth-order valence-corrected chi connectivity index (χ4v) is 1.81. The van der Waals surface area contributed by atoms with Crippen molar-refractivity contribution in [3.8, 4) is 0 Å². The summed E-state index contributed by atoms with van der Waals surface area (Å²) in [4.78, 5) is 12.0. The summed E-state index contributed by atoms with van der Waals surface area (Å²) in [6.07, 6.45) is 3.76. The van der Waals surface area contributed by atoms with E-state index in [9.17, 15) is 0 Å². The predicted molar refractivity (Wildman–Crippen MR) is 62.2 cm³/mol. The van der Waals surface area contributed by atoms with Gasteiger partial charge in [-0.1, -0.05) is 12.1 Å². The lowest BCUT2D eigenvalue weighted by atomic mass is 10.3. The summed E-state index contributed by atoms with van der Waals surface area (Å²) in [6.45, 7) is 2.73. The lowest BCUT2D eigenvalue weighted by Gasteiger charge is -2.00. The molecule has 0 saturated carbocycles. The molecule has 0 atom stereocenters. The van der Waals surface area contributed by atoms with Crippen LogP contribution in [0.15, 0.2) is 36.7 Å². The first-order chi connectivity index (χ1) is 7.83. The highest BCUT2D eigenvalue weighted by Gasteiger charge is 2.03. The highest BCUT2D eigenvalue weighted by Crippen LogP contribution is 2.11. The number of aryl methyl sites for hydroxylation is 1. The van der Waals surface area contributed by atoms with Crippen molar-refractivity contribution < 1.29 is 0 Å². The Hall–Kier alpha value is -2.10. The van der Waals surface area contributed by atoms with Gasteiger partial charge >= 0.3 is 0 Å². The van der Waals surface area contributed by atoms with Crippen LogP contribution in [0.2, 0.25) is 0 Å². The Morgan fingerprint density at radius 3 is 2.94 bits per heavy atom. The van der Waals surface area contributed by atoms with Gasteiger partial charge in [-0.2, -0.15) is 0 Å². The molecule has 4 heteroatoms.